The summed E-state index contributed by atoms with van der Waals surface area (Å²) in [6.45, 7) is -0.288. The lowest BCUT2D eigenvalue weighted by atomic mass is 9.76. The molecule has 1 aliphatic carbocycles. The minimum Gasteiger partial charge on any atom is -0.488 e. The van der Waals surface area contributed by atoms with E-state index in [1.807, 2.05) is 0 Å². The van der Waals surface area contributed by atoms with E-state index in [1.165, 1.54) is 24.3 Å². The number of nitroso groups, excluding NO2 is 1. The van der Waals surface area contributed by atoms with E-state index in [2.05, 4.69) is 15.2 Å². The fourth-order valence-electron chi connectivity index (χ4n) is 5.05. The lowest BCUT2D eigenvalue weighted by Gasteiger charge is -2.48. The molecule has 0 unspecified atom stereocenters. The third kappa shape index (κ3) is 4.83. The quantitative estimate of drug-likeness (QED) is 0.233. The number of carbonyl (C=O) groups is 2. The second-order valence-electron chi connectivity index (χ2n) is 8.50. The van der Waals surface area contributed by atoms with E-state index in [4.69, 9.17) is 39.2 Å². The van der Waals surface area contributed by atoms with Crippen LogP contribution >= 0.6 is 23.2 Å². The molecule has 1 saturated carbocycles. The first-order chi connectivity index (χ1) is 16.9. The summed E-state index contributed by atoms with van der Waals surface area (Å²) in [5.74, 6) is -2.20. The Kier molecular flexibility index (Phi) is 7.57. The van der Waals surface area contributed by atoms with Crippen LogP contribution in [-0.4, -0.2) is 35.5 Å². The summed E-state index contributed by atoms with van der Waals surface area (Å²) in [4.78, 5) is 42.8. The first-order valence-corrected chi connectivity index (χ1v) is 11.8. The highest BCUT2D eigenvalue weighted by Gasteiger charge is 2.49. The molecule has 0 radical (unpaired) electrons. The molecule has 2 aromatic carbocycles. The van der Waals surface area contributed by atoms with Crippen LogP contribution in [0.1, 0.15) is 59.1 Å². The van der Waals surface area contributed by atoms with E-state index in [-0.39, 0.29) is 46.6 Å². The van der Waals surface area contributed by atoms with Crippen LogP contribution in [-0.2, 0) is 4.79 Å². The maximum atomic E-state index is 13.9. The molecule has 0 bridgehead atoms. The summed E-state index contributed by atoms with van der Waals surface area (Å²) in [5.41, 5.74) is 15.9. The van der Waals surface area contributed by atoms with Crippen molar-refractivity contribution < 1.29 is 14.3 Å². The number of ether oxygens (including phenoxy) is 1. The van der Waals surface area contributed by atoms with Crippen molar-refractivity contribution in [3.05, 3.63) is 78.5 Å². The minimum atomic E-state index is -1.16. The average molecular weight is 517 g/mol. The summed E-state index contributed by atoms with van der Waals surface area (Å²) in [6, 6.07) is 7.70. The Balaban J connectivity index is 1.93. The third-order valence-electron chi connectivity index (χ3n) is 6.57. The maximum Gasteiger partial charge on any atom is 0.296 e. The molecule has 0 aromatic heterocycles. The van der Waals surface area contributed by atoms with Crippen LogP contribution in [0, 0.1) is 4.91 Å². The van der Waals surface area contributed by atoms with Gasteiger partial charge in [0.25, 0.3) is 11.8 Å². The highest BCUT2D eigenvalue weighted by atomic mass is 35.5. The van der Waals surface area contributed by atoms with Crippen LogP contribution in [0.25, 0.3) is 10.4 Å². The van der Waals surface area contributed by atoms with Crippen LogP contribution in [0.4, 0.5) is 0 Å². The fourth-order valence-corrected chi connectivity index (χ4v) is 5.57. The third-order valence-corrected chi connectivity index (χ3v) is 7.13. The standard InChI is InChI=1S/C23H22Cl2N6O4/c24-12-5-7-15(17(25)9-12)21-20(22(32)29-34)16-10-13(35-11-28-30-27)6-8-14(16)23(33)31(21)19-4-2-1-3-18(19)26/h5-10,18-21H,1-4,11,26H2/t18-,19-,20+,21-/m0/s1. The number of hydrogen-bond donors (Lipinski definition) is 1. The van der Waals surface area contributed by atoms with Crippen LogP contribution in [0.3, 0.4) is 0 Å². The van der Waals surface area contributed by atoms with Gasteiger partial charge in [0.2, 0.25) is 0 Å². The summed E-state index contributed by atoms with van der Waals surface area (Å²) in [7, 11) is 0. The Labute approximate surface area is 210 Å². The Hall–Kier alpha value is -3.17. The van der Waals surface area contributed by atoms with Gasteiger partial charge in [-0.05, 0) is 59.8 Å². The Bertz CT molecular complexity index is 1220. The fraction of sp³-hybridized carbons (Fsp3) is 0.391. The van der Waals surface area contributed by atoms with Crippen LogP contribution in [0.15, 0.2) is 46.7 Å². The van der Waals surface area contributed by atoms with Crippen molar-refractivity contribution in [3.8, 4) is 5.75 Å². The zero-order valence-electron chi connectivity index (χ0n) is 18.5. The van der Waals surface area contributed by atoms with E-state index >= 15 is 0 Å². The molecular weight excluding hydrogens is 495 g/mol. The Morgan fingerprint density at radius 3 is 2.63 bits per heavy atom. The zero-order chi connectivity index (χ0) is 25.1. The number of carbonyl (C=O) groups excluding carboxylic acids is 2. The molecule has 35 heavy (non-hydrogen) atoms. The SMILES string of the molecule is [N-]=[N+]=NCOc1ccc2c(c1)[C@@H](C(=O)N=O)[C@H](c1ccc(Cl)cc1Cl)N([C@H]1CCCC[C@@H]1N)C2=O. The van der Waals surface area contributed by atoms with Gasteiger partial charge in [0.1, 0.15) is 5.75 Å². The zero-order valence-corrected chi connectivity index (χ0v) is 20.0. The van der Waals surface area contributed by atoms with Gasteiger partial charge in [-0.2, -0.15) is 0 Å². The molecule has 4 rings (SSSR count). The minimum absolute atomic E-state index is 0.238. The Morgan fingerprint density at radius 2 is 1.94 bits per heavy atom. The lowest BCUT2D eigenvalue weighted by molar-refractivity contribution is -0.121. The number of rotatable bonds is 6. The molecule has 4 atom stereocenters. The van der Waals surface area contributed by atoms with Gasteiger partial charge in [-0.1, -0.05) is 47.2 Å². The molecule has 1 fully saturated rings. The Morgan fingerprint density at radius 1 is 1.17 bits per heavy atom. The lowest BCUT2D eigenvalue weighted by Crippen LogP contribution is -2.56. The topological polar surface area (TPSA) is 151 Å². The highest BCUT2D eigenvalue weighted by molar-refractivity contribution is 6.35. The van der Waals surface area contributed by atoms with Gasteiger partial charge >= 0.3 is 0 Å². The molecule has 0 spiro atoms. The van der Waals surface area contributed by atoms with Gasteiger partial charge in [0.15, 0.2) is 6.73 Å². The second-order valence-corrected chi connectivity index (χ2v) is 9.34. The van der Waals surface area contributed by atoms with Crippen molar-refractivity contribution in [1.29, 1.82) is 0 Å². The van der Waals surface area contributed by atoms with Crippen molar-refractivity contribution in [2.45, 2.75) is 49.7 Å². The van der Waals surface area contributed by atoms with E-state index in [9.17, 15) is 14.5 Å². The number of amides is 2. The van der Waals surface area contributed by atoms with Crippen molar-refractivity contribution in [2.75, 3.05) is 6.73 Å². The van der Waals surface area contributed by atoms with Gasteiger partial charge in [0.05, 0.1) is 12.0 Å². The largest absolute Gasteiger partial charge is 0.488 e. The predicted molar refractivity (Wildman–Crippen MR) is 130 cm³/mol. The number of fused-ring (bicyclic) bond motifs is 1. The molecule has 2 N–H and O–H groups in total. The van der Waals surface area contributed by atoms with E-state index < -0.39 is 17.9 Å². The predicted octanol–water partition coefficient (Wildman–Crippen LogP) is 5.48. The van der Waals surface area contributed by atoms with Crippen LogP contribution in [0.2, 0.25) is 10.0 Å². The number of nitrogens with zero attached hydrogens (tertiary/aromatic N) is 5. The molecule has 1 aliphatic heterocycles. The molecule has 2 aromatic rings. The van der Waals surface area contributed by atoms with Crippen molar-refractivity contribution in [2.24, 2.45) is 16.0 Å². The molecule has 1 heterocycles. The second kappa shape index (κ2) is 10.6. The number of nitrogens with two attached hydrogens (primary N) is 1. The molecule has 2 amide bonds. The van der Waals surface area contributed by atoms with E-state index in [1.54, 1.807) is 17.0 Å². The first kappa shape index (κ1) is 24.9. The number of benzene rings is 2. The average Bonchev–Trinajstić information content (AvgIpc) is 2.84. The van der Waals surface area contributed by atoms with E-state index in [0.29, 0.717) is 17.0 Å². The van der Waals surface area contributed by atoms with Crippen LogP contribution < -0.4 is 10.5 Å². The monoisotopic (exact) mass is 516 g/mol. The maximum absolute atomic E-state index is 13.9. The van der Waals surface area contributed by atoms with Crippen molar-refractivity contribution >= 4 is 35.0 Å². The van der Waals surface area contributed by atoms with Gasteiger partial charge in [-0.3, -0.25) is 9.59 Å². The van der Waals surface area contributed by atoms with Gasteiger partial charge < -0.3 is 15.4 Å². The summed E-state index contributed by atoms with van der Waals surface area (Å²) in [6.07, 6.45) is 3.17. The number of hydrogen-bond acceptors (Lipinski definition) is 6. The summed E-state index contributed by atoms with van der Waals surface area (Å²) in [5, 5.41) is 6.69. The van der Waals surface area contributed by atoms with Gasteiger partial charge in [-0.25, -0.2) is 0 Å². The summed E-state index contributed by atoms with van der Waals surface area (Å²) < 4.78 is 5.42. The van der Waals surface area contributed by atoms with Crippen molar-refractivity contribution in [3.63, 3.8) is 0 Å². The van der Waals surface area contributed by atoms with Crippen molar-refractivity contribution in [1.82, 2.24) is 4.90 Å². The molecule has 2 aliphatic rings. The molecule has 12 heteroatoms. The summed E-state index contributed by atoms with van der Waals surface area (Å²) >= 11 is 12.7. The molecular formula is C23H22Cl2N6O4. The normalized spacial score (nSPS) is 23.7. The molecule has 10 nitrogen and oxygen atoms in total. The number of halogens is 2. The van der Waals surface area contributed by atoms with E-state index in [0.717, 1.165) is 19.3 Å². The van der Waals surface area contributed by atoms with Gasteiger partial charge in [0, 0.05) is 37.8 Å². The highest BCUT2D eigenvalue weighted by Crippen LogP contribution is 2.48. The van der Waals surface area contributed by atoms with Crippen LogP contribution in [0.5, 0.6) is 5.75 Å². The first-order valence-electron chi connectivity index (χ1n) is 11.1. The van der Waals surface area contributed by atoms with Gasteiger partial charge in [-0.15, -0.1) is 4.91 Å². The smallest absolute Gasteiger partial charge is 0.296 e. The molecule has 0 saturated heterocycles. The molecule has 182 valence electrons. The number of azide groups is 1.